The van der Waals surface area contributed by atoms with E-state index in [1.165, 1.54) is 27.4 Å². The summed E-state index contributed by atoms with van der Waals surface area (Å²) in [4.78, 5) is 25.9. The van der Waals surface area contributed by atoms with Crippen molar-refractivity contribution in [3.8, 4) is 0 Å². The lowest BCUT2D eigenvalue weighted by molar-refractivity contribution is -0.114. The predicted molar refractivity (Wildman–Crippen MR) is 96.7 cm³/mol. The number of rotatable bonds is 7. The minimum absolute atomic E-state index is 0.0333. The summed E-state index contributed by atoms with van der Waals surface area (Å²) < 4.78 is 32.6. The number of fused-ring (bicyclic) bond motifs is 1. The number of carbonyl (C=O) groups excluding carboxylic acids is 2. The zero-order valence-corrected chi connectivity index (χ0v) is 15.5. The summed E-state index contributed by atoms with van der Waals surface area (Å²) in [6, 6.07) is 4.11. The van der Waals surface area contributed by atoms with Gasteiger partial charge in [0.15, 0.2) is 0 Å². The van der Waals surface area contributed by atoms with E-state index in [-0.39, 0.29) is 16.5 Å². The summed E-state index contributed by atoms with van der Waals surface area (Å²) in [6.45, 7) is 4.71. The maximum absolute atomic E-state index is 13.0. The molecule has 0 spiro atoms. The lowest BCUT2D eigenvalue weighted by Gasteiger charge is -2.23. The van der Waals surface area contributed by atoms with Gasteiger partial charge < -0.3 is 9.64 Å². The molecule has 0 bridgehead atoms. The van der Waals surface area contributed by atoms with Crippen LogP contribution in [0.3, 0.4) is 0 Å². The zero-order chi connectivity index (χ0) is 18.9. The number of benzene rings is 1. The van der Waals surface area contributed by atoms with Gasteiger partial charge in [-0.3, -0.25) is 9.59 Å². The van der Waals surface area contributed by atoms with Crippen LogP contribution in [0.15, 0.2) is 35.7 Å². The largest absolute Gasteiger partial charge is 0.383 e. The van der Waals surface area contributed by atoms with Crippen molar-refractivity contribution in [3.05, 3.63) is 36.4 Å². The molecule has 26 heavy (non-hydrogen) atoms. The van der Waals surface area contributed by atoms with Crippen LogP contribution in [0.2, 0.25) is 0 Å². The van der Waals surface area contributed by atoms with Crippen LogP contribution < -0.4 is 4.90 Å². The molecule has 2 heterocycles. The lowest BCUT2D eigenvalue weighted by Crippen LogP contribution is -2.38. The van der Waals surface area contributed by atoms with Gasteiger partial charge in [-0.25, -0.2) is 8.42 Å². The van der Waals surface area contributed by atoms with Crippen LogP contribution in [0.25, 0.3) is 0 Å². The van der Waals surface area contributed by atoms with Crippen molar-refractivity contribution in [1.29, 1.82) is 0 Å². The van der Waals surface area contributed by atoms with Gasteiger partial charge in [0.25, 0.3) is 11.7 Å². The molecule has 2 aliphatic heterocycles. The van der Waals surface area contributed by atoms with Gasteiger partial charge in [0.1, 0.15) is 0 Å². The van der Waals surface area contributed by atoms with Gasteiger partial charge in [-0.05, 0) is 37.5 Å². The number of hydrogen-bond acceptors (Lipinski definition) is 5. The van der Waals surface area contributed by atoms with E-state index in [1.54, 1.807) is 13.2 Å². The molecule has 1 amide bonds. The van der Waals surface area contributed by atoms with E-state index in [4.69, 9.17) is 4.74 Å². The van der Waals surface area contributed by atoms with Crippen molar-refractivity contribution >= 4 is 27.4 Å². The monoisotopic (exact) mass is 378 g/mol. The molecule has 140 valence electrons. The molecule has 0 unspecified atom stereocenters. The first kappa shape index (κ1) is 18.8. The van der Waals surface area contributed by atoms with Crippen molar-refractivity contribution in [2.24, 2.45) is 0 Å². The number of nitrogens with zero attached hydrogens (tertiary/aromatic N) is 2. The Labute approximate surface area is 153 Å². The van der Waals surface area contributed by atoms with Crippen molar-refractivity contribution in [3.63, 3.8) is 0 Å². The van der Waals surface area contributed by atoms with Gasteiger partial charge in [0, 0.05) is 26.2 Å². The number of Topliss-reactive ketones (excluding diaryl/α,β-unsaturated/α-hetero) is 1. The molecule has 1 aromatic carbocycles. The van der Waals surface area contributed by atoms with Crippen LogP contribution in [0.5, 0.6) is 0 Å². The number of carbonyl (C=O) groups is 2. The second-order valence-corrected chi connectivity index (χ2v) is 8.30. The number of sulfonamides is 1. The first-order valence-corrected chi connectivity index (χ1v) is 9.97. The summed E-state index contributed by atoms with van der Waals surface area (Å²) in [7, 11) is -2.21. The van der Waals surface area contributed by atoms with E-state index < -0.39 is 21.7 Å². The Hall–Kier alpha value is -2.03. The quantitative estimate of drug-likeness (QED) is 0.531. The average Bonchev–Trinajstić information content (AvgIpc) is 3.18. The first-order valence-electron chi connectivity index (χ1n) is 8.53. The average molecular weight is 378 g/mol. The highest BCUT2D eigenvalue weighted by molar-refractivity contribution is 7.89. The standard InChI is InChI=1S/C18H22N2O5S/c1-3-4-9-19-16-8-7-14(11-15(16)17(21)18(19)22)26(23,24)20-10-5-6-13(20)12-25-2/h3,7-8,11,13H,1,4-6,9-10,12H2,2H3/t13-/m0/s1. The van der Waals surface area contributed by atoms with Gasteiger partial charge in [0.2, 0.25) is 10.0 Å². The highest BCUT2D eigenvalue weighted by Gasteiger charge is 2.39. The maximum Gasteiger partial charge on any atom is 0.299 e. The van der Waals surface area contributed by atoms with E-state index in [2.05, 4.69) is 6.58 Å². The molecule has 0 radical (unpaired) electrons. The number of ketones is 1. The van der Waals surface area contributed by atoms with Gasteiger partial charge in [-0.2, -0.15) is 4.31 Å². The van der Waals surface area contributed by atoms with Crippen LogP contribution in [0.4, 0.5) is 5.69 Å². The maximum atomic E-state index is 13.0. The second-order valence-electron chi connectivity index (χ2n) is 6.41. The van der Waals surface area contributed by atoms with Crippen LogP contribution >= 0.6 is 0 Å². The van der Waals surface area contributed by atoms with E-state index in [0.29, 0.717) is 31.8 Å². The molecule has 1 fully saturated rings. The Bertz CT molecular complexity index is 849. The van der Waals surface area contributed by atoms with Crippen LogP contribution in [0.1, 0.15) is 29.6 Å². The molecule has 2 aliphatic rings. The minimum atomic E-state index is -3.75. The molecule has 7 nitrogen and oxygen atoms in total. The Morgan fingerprint density at radius 2 is 2.12 bits per heavy atom. The van der Waals surface area contributed by atoms with Crippen LogP contribution in [-0.2, 0) is 19.6 Å². The second kappa shape index (κ2) is 7.30. The molecule has 0 saturated carbocycles. The fourth-order valence-corrected chi connectivity index (χ4v) is 5.21. The molecule has 0 aliphatic carbocycles. The van der Waals surface area contributed by atoms with Gasteiger partial charge in [-0.15, -0.1) is 6.58 Å². The van der Waals surface area contributed by atoms with E-state index >= 15 is 0 Å². The van der Waals surface area contributed by atoms with Crippen LogP contribution in [0, 0.1) is 0 Å². The zero-order valence-electron chi connectivity index (χ0n) is 14.7. The molecule has 1 aromatic rings. The Morgan fingerprint density at radius 1 is 1.35 bits per heavy atom. The summed E-state index contributed by atoms with van der Waals surface area (Å²) in [6.07, 6.45) is 3.72. The Kier molecular flexibility index (Phi) is 5.27. The summed E-state index contributed by atoms with van der Waals surface area (Å²) in [5.41, 5.74) is 0.596. The minimum Gasteiger partial charge on any atom is -0.383 e. The van der Waals surface area contributed by atoms with E-state index in [0.717, 1.165) is 12.8 Å². The summed E-state index contributed by atoms with van der Waals surface area (Å²) in [5, 5.41) is 0. The van der Waals surface area contributed by atoms with Gasteiger partial charge in [0.05, 0.1) is 22.8 Å². The number of hydrogen-bond donors (Lipinski definition) is 0. The van der Waals surface area contributed by atoms with E-state index in [1.807, 2.05) is 0 Å². The number of amides is 1. The third-order valence-corrected chi connectivity index (χ3v) is 6.74. The first-order chi connectivity index (χ1) is 12.4. The highest BCUT2D eigenvalue weighted by atomic mass is 32.2. The molecule has 1 saturated heterocycles. The fraction of sp³-hybridized carbons (Fsp3) is 0.444. The van der Waals surface area contributed by atoms with Gasteiger partial charge >= 0.3 is 0 Å². The smallest absolute Gasteiger partial charge is 0.299 e. The van der Waals surface area contributed by atoms with Crippen LogP contribution in [-0.4, -0.2) is 57.3 Å². The Balaban J connectivity index is 1.95. The third kappa shape index (κ3) is 3.08. The molecule has 1 atom stereocenters. The van der Waals surface area contributed by atoms with Crippen molar-refractivity contribution in [2.75, 3.05) is 31.7 Å². The highest BCUT2D eigenvalue weighted by Crippen LogP contribution is 2.33. The number of anilines is 1. The lowest BCUT2D eigenvalue weighted by atomic mass is 10.1. The molecular formula is C18H22N2O5S. The predicted octanol–water partition coefficient (Wildman–Crippen LogP) is 1.59. The summed E-state index contributed by atoms with van der Waals surface area (Å²) >= 11 is 0. The summed E-state index contributed by atoms with van der Waals surface area (Å²) in [5.74, 6) is -1.30. The number of methoxy groups -OCH3 is 1. The fourth-order valence-electron chi connectivity index (χ4n) is 3.50. The Morgan fingerprint density at radius 3 is 2.81 bits per heavy atom. The van der Waals surface area contributed by atoms with Gasteiger partial charge in [-0.1, -0.05) is 6.08 Å². The molecule has 0 N–H and O–H groups in total. The third-order valence-electron chi connectivity index (χ3n) is 4.79. The normalized spacial score (nSPS) is 20.7. The molecule has 0 aromatic heterocycles. The molecule has 3 rings (SSSR count). The molecular weight excluding hydrogens is 356 g/mol. The van der Waals surface area contributed by atoms with Crippen molar-refractivity contribution < 1.29 is 22.7 Å². The van der Waals surface area contributed by atoms with Crippen molar-refractivity contribution in [2.45, 2.75) is 30.2 Å². The number of ether oxygens (including phenoxy) is 1. The SMILES string of the molecule is C=CCCN1C(=O)C(=O)c2cc(S(=O)(=O)N3CCC[C@H]3COC)ccc21. The topological polar surface area (TPSA) is 84.0 Å². The van der Waals surface area contributed by atoms with Crippen molar-refractivity contribution in [1.82, 2.24) is 4.31 Å². The van der Waals surface area contributed by atoms with E-state index in [9.17, 15) is 18.0 Å². The molecule has 8 heteroatoms.